The van der Waals surface area contributed by atoms with Crippen LogP contribution in [0.2, 0.25) is 0 Å². The normalized spacial score (nSPS) is 14.7. The Bertz CT molecular complexity index is 1310. The quantitative estimate of drug-likeness (QED) is 0.320. The maximum absolute atomic E-state index is 13.4. The van der Waals surface area contributed by atoms with Crippen LogP contribution in [0.1, 0.15) is 52.5 Å². The summed E-state index contributed by atoms with van der Waals surface area (Å²) in [5.41, 5.74) is 3.83. The fraction of sp³-hybridized carbons (Fsp3) is 0.375. The monoisotopic (exact) mass is 543 g/mol. The van der Waals surface area contributed by atoms with Gasteiger partial charge in [-0.25, -0.2) is 0 Å². The summed E-state index contributed by atoms with van der Waals surface area (Å²) in [6.07, 6.45) is 3.94. The second kappa shape index (κ2) is 13.3. The summed E-state index contributed by atoms with van der Waals surface area (Å²) in [6.45, 7) is 5.64. The van der Waals surface area contributed by atoms with E-state index in [9.17, 15) is 9.59 Å². The van der Waals surface area contributed by atoms with Gasteiger partial charge in [0.1, 0.15) is 0 Å². The fourth-order valence-electron chi connectivity index (χ4n) is 5.25. The zero-order valence-electron chi connectivity index (χ0n) is 23.0. The SMILES string of the molecule is CCOCCCNC(=O)c1cc(NC(=O)c2ccc3c(c2)OCO3)ccc1N1CCC(Cc2ccccc2)CC1. The van der Waals surface area contributed by atoms with Gasteiger partial charge >= 0.3 is 0 Å². The number of ether oxygens (including phenoxy) is 3. The van der Waals surface area contributed by atoms with Gasteiger partial charge < -0.3 is 29.7 Å². The van der Waals surface area contributed by atoms with Crippen molar-refractivity contribution in [1.29, 1.82) is 0 Å². The van der Waals surface area contributed by atoms with Crippen LogP contribution in [-0.4, -0.2) is 51.5 Å². The molecule has 0 aromatic heterocycles. The van der Waals surface area contributed by atoms with E-state index in [1.807, 2.05) is 19.1 Å². The summed E-state index contributed by atoms with van der Waals surface area (Å²) in [6, 6.07) is 21.3. The van der Waals surface area contributed by atoms with E-state index in [1.165, 1.54) is 5.56 Å². The maximum atomic E-state index is 13.4. The summed E-state index contributed by atoms with van der Waals surface area (Å²) >= 11 is 0. The first kappa shape index (κ1) is 27.5. The molecule has 2 heterocycles. The van der Waals surface area contributed by atoms with Gasteiger partial charge in [-0.1, -0.05) is 30.3 Å². The molecule has 2 aliphatic rings. The van der Waals surface area contributed by atoms with Crippen molar-refractivity contribution < 1.29 is 23.8 Å². The van der Waals surface area contributed by atoms with Crippen LogP contribution in [-0.2, 0) is 11.2 Å². The molecule has 0 saturated carbocycles. The highest BCUT2D eigenvalue weighted by Gasteiger charge is 2.24. The van der Waals surface area contributed by atoms with E-state index in [0.717, 1.165) is 44.5 Å². The van der Waals surface area contributed by atoms with E-state index in [4.69, 9.17) is 14.2 Å². The Kier molecular flexibility index (Phi) is 9.18. The molecular formula is C32H37N3O5. The number of benzene rings is 3. The van der Waals surface area contributed by atoms with E-state index in [0.29, 0.717) is 54.0 Å². The summed E-state index contributed by atoms with van der Waals surface area (Å²) < 4.78 is 16.2. The number of carbonyl (C=O) groups is 2. The van der Waals surface area contributed by atoms with E-state index in [2.05, 4.69) is 45.9 Å². The number of nitrogens with zero attached hydrogens (tertiary/aromatic N) is 1. The Morgan fingerprint density at radius 1 is 0.950 bits per heavy atom. The summed E-state index contributed by atoms with van der Waals surface area (Å²) in [7, 11) is 0. The van der Waals surface area contributed by atoms with Crippen molar-refractivity contribution in [2.24, 2.45) is 5.92 Å². The second-order valence-electron chi connectivity index (χ2n) is 10.2. The molecule has 8 heteroatoms. The Hall–Kier alpha value is -4.04. The van der Waals surface area contributed by atoms with Gasteiger partial charge in [-0.15, -0.1) is 0 Å². The fourth-order valence-corrected chi connectivity index (χ4v) is 5.25. The molecule has 8 nitrogen and oxygen atoms in total. The number of nitrogens with one attached hydrogen (secondary N) is 2. The first-order chi connectivity index (χ1) is 19.6. The summed E-state index contributed by atoms with van der Waals surface area (Å²) in [4.78, 5) is 28.7. The van der Waals surface area contributed by atoms with Gasteiger partial charge in [-0.2, -0.15) is 0 Å². The van der Waals surface area contributed by atoms with E-state index >= 15 is 0 Å². The van der Waals surface area contributed by atoms with E-state index in [-0.39, 0.29) is 18.6 Å². The van der Waals surface area contributed by atoms with E-state index in [1.54, 1.807) is 24.3 Å². The van der Waals surface area contributed by atoms with Crippen molar-refractivity contribution in [2.45, 2.75) is 32.6 Å². The van der Waals surface area contributed by atoms with Gasteiger partial charge in [-0.3, -0.25) is 9.59 Å². The number of anilines is 2. The number of rotatable bonds is 11. The number of hydrogen-bond acceptors (Lipinski definition) is 6. The minimum Gasteiger partial charge on any atom is -0.454 e. The third kappa shape index (κ3) is 6.93. The molecule has 2 N–H and O–H groups in total. The second-order valence-corrected chi connectivity index (χ2v) is 10.2. The molecule has 2 aliphatic heterocycles. The maximum Gasteiger partial charge on any atom is 0.255 e. The molecule has 3 aromatic rings. The molecule has 0 bridgehead atoms. The van der Waals surface area contributed by atoms with Gasteiger partial charge in [0.05, 0.1) is 5.56 Å². The number of hydrogen-bond donors (Lipinski definition) is 2. The Labute approximate surface area is 235 Å². The van der Waals surface area contributed by atoms with Crippen molar-refractivity contribution in [3.05, 3.63) is 83.4 Å². The lowest BCUT2D eigenvalue weighted by molar-refractivity contribution is 0.0943. The van der Waals surface area contributed by atoms with Gasteiger partial charge in [0.15, 0.2) is 11.5 Å². The van der Waals surface area contributed by atoms with Gasteiger partial charge in [0, 0.05) is 49.8 Å². The van der Waals surface area contributed by atoms with Gasteiger partial charge in [0.2, 0.25) is 6.79 Å². The first-order valence-corrected chi connectivity index (χ1v) is 14.1. The predicted octanol–water partition coefficient (Wildman–Crippen LogP) is 5.28. The molecular weight excluding hydrogens is 506 g/mol. The number of amides is 2. The minimum atomic E-state index is -0.282. The number of piperidine rings is 1. The zero-order valence-corrected chi connectivity index (χ0v) is 23.0. The molecule has 0 radical (unpaired) electrons. The number of carbonyl (C=O) groups excluding carboxylic acids is 2. The van der Waals surface area contributed by atoms with Crippen LogP contribution in [0.4, 0.5) is 11.4 Å². The van der Waals surface area contributed by atoms with Crippen LogP contribution in [0.5, 0.6) is 11.5 Å². The molecule has 2 amide bonds. The average Bonchev–Trinajstić information content (AvgIpc) is 3.46. The minimum absolute atomic E-state index is 0.147. The number of fused-ring (bicyclic) bond motifs is 1. The third-order valence-corrected chi connectivity index (χ3v) is 7.41. The summed E-state index contributed by atoms with van der Waals surface area (Å²) in [5.74, 6) is 1.35. The molecule has 3 aromatic carbocycles. The first-order valence-electron chi connectivity index (χ1n) is 14.1. The molecule has 0 unspecified atom stereocenters. The topological polar surface area (TPSA) is 89.1 Å². The molecule has 1 fully saturated rings. The smallest absolute Gasteiger partial charge is 0.255 e. The largest absolute Gasteiger partial charge is 0.454 e. The highest BCUT2D eigenvalue weighted by atomic mass is 16.7. The lowest BCUT2D eigenvalue weighted by Crippen LogP contribution is -2.36. The lowest BCUT2D eigenvalue weighted by Gasteiger charge is -2.35. The Morgan fingerprint density at radius 3 is 2.55 bits per heavy atom. The molecule has 0 aliphatic carbocycles. The molecule has 210 valence electrons. The van der Waals surface area contributed by atoms with Crippen LogP contribution in [0.15, 0.2) is 66.7 Å². The van der Waals surface area contributed by atoms with Crippen LogP contribution in [0, 0.1) is 5.92 Å². The predicted molar refractivity (Wildman–Crippen MR) is 155 cm³/mol. The molecule has 1 saturated heterocycles. The molecule has 0 atom stereocenters. The van der Waals surface area contributed by atoms with Crippen molar-refractivity contribution in [1.82, 2.24) is 5.32 Å². The lowest BCUT2D eigenvalue weighted by atomic mass is 9.89. The third-order valence-electron chi connectivity index (χ3n) is 7.41. The van der Waals surface area contributed by atoms with E-state index < -0.39 is 0 Å². The Morgan fingerprint density at radius 2 is 1.75 bits per heavy atom. The van der Waals surface area contributed by atoms with Crippen molar-refractivity contribution >= 4 is 23.2 Å². The van der Waals surface area contributed by atoms with Crippen LogP contribution < -0.4 is 25.0 Å². The zero-order chi connectivity index (χ0) is 27.7. The van der Waals surface area contributed by atoms with Gasteiger partial charge in [-0.05, 0) is 80.5 Å². The van der Waals surface area contributed by atoms with Crippen LogP contribution in [0.3, 0.4) is 0 Å². The van der Waals surface area contributed by atoms with Crippen molar-refractivity contribution in [3.63, 3.8) is 0 Å². The molecule has 0 spiro atoms. The average molecular weight is 544 g/mol. The van der Waals surface area contributed by atoms with Crippen molar-refractivity contribution in [2.75, 3.05) is 49.9 Å². The highest BCUT2D eigenvalue weighted by molar-refractivity contribution is 6.06. The molecule has 40 heavy (non-hydrogen) atoms. The van der Waals surface area contributed by atoms with Crippen LogP contribution >= 0.6 is 0 Å². The van der Waals surface area contributed by atoms with Crippen molar-refractivity contribution in [3.8, 4) is 11.5 Å². The summed E-state index contributed by atoms with van der Waals surface area (Å²) in [5, 5.41) is 5.97. The standard InChI is InChI=1S/C32H37N3O5/c1-2-38-18-6-15-33-32(37)27-21-26(34-31(36)25-9-12-29-30(20-25)40-22-39-29)10-11-28(27)35-16-13-24(14-17-35)19-23-7-4-3-5-8-23/h3-5,7-12,20-21,24H,2,6,13-19,22H2,1H3,(H,33,37)(H,34,36). The van der Waals surface area contributed by atoms with Crippen LogP contribution in [0.25, 0.3) is 0 Å². The Balaban J connectivity index is 1.29. The molecule has 5 rings (SSSR count). The van der Waals surface area contributed by atoms with Gasteiger partial charge in [0.25, 0.3) is 11.8 Å². The highest BCUT2D eigenvalue weighted by Crippen LogP contribution is 2.33.